The molecule has 0 aliphatic carbocycles. The van der Waals surface area contributed by atoms with Gasteiger partial charge < -0.3 is 5.32 Å². The Balaban J connectivity index is 2.42. The largest absolute Gasteiger partial charge is 0.388 e. The summed E-state index contributed by atoms with van der Waals surface area (Å²) in [7, 11) is 0. The molecule has 0 spiro atoms. The summed E-state index contributed by atoms with van der Waals surface area (Å²) in [5.74, 6) is 0. The first kappa shape index (κ1) is 6.15. The van der Waals surface area contributed by atoms with Crippen molar-refractivity contribution in [3.63, 3.8) is 0 Å². The average molecular weight is 122 g/mol. The molecule has 0 bridgehead atoms. The van der Waals surface area contributed by atoms with Crippen LogP contribution >= 0.6 is 0 Å². The van der Waals surface area contributed by atoms with Gasteiger partial charge in [0.1, 0.15) is 0 Å². The summed E-state index contributed by atoms with van der Waals surface area (Å²) in [6, 6.07) is 2.01. The number of nitrogens with one attached hydrogen (secondary N) is 1. The molecule has 1 aliphatic heterocycles. The lowest BCUT2D eigenvalue weighted by atomic mass is 10.1. The highest BCUT2D eigenvalue weighted by molar-refractivity contribution is 5.12. The number of nitriles is 1. The van der Waals surface area contributed by atoms with Crippen molar-refractivity contribution in [3.05, 3.63) is 11.8 Å². The third kappa shape index (κ3) is 1.77. The first-order valence-corrected chi connectivity index (χ1v) is 3.26. The topological polar surface area (TPSA) is 35.8 Å². The molecule has 0 atom stereocenters. The molecule has 0 amide bonds. The van der Waals surface area contributed by atoms with E-state index >= 15 is 0 Å². The molecule has 0 aromatic heterocycles. The van der Waals surface area contributed by atoms with Crippen LogP contribution in [0.1, 0.15) is 19.3 Å². The van der Waals surface area contributed by atoms with E-state index in [0.717, 1.165) is 18.7 Å². The van der Waals surface area contributed by atoms with Crippen LogP contribution in [0.25, 0.3) is 0 Å². The number of piperidine rings is 1. The summed E-state index contributed by atoms with van der Waals surface area (Å²) in [6.07, 6.45) is 5.11. The molecule has 2 heteroatoms. The van der Waals surface area contributed by atoms with E-state index in [-0.39, 0.29) is 0 Å². The molecular weight excluding hydrogens is 112 g/mol. The van der Waals surface area contributed by atoms with E-state index < -0.39 is 0 Å². The molecule has 1 rings (SSSR count). The third-order valence-electron chi connectivity index (χ3n) is 1.46. The third-order valence-corrected chi connectivity index (χ3v) is 1.46. The van der Waals surface area contributed by atoms with Gasteiger partial charge in [0, 0.05) is 18.3 Å². The first-order chi connectivity index (χ1) is 4.43. The smallest absolute Gasteiger partial charge is 0.0930 e. The number of rotatable bonds is 0. The fourth-order valence-corrected chi connectivity index (χ4v) is 0.979. The molecule has 0 saturated carbocycles. The fraction of sp³-hybridized carbons (Fsp3) is 0.571. The maximum absolute atomic E-state index is 8.25. The van der Waals surface area contributed by atoms with Gasteiger partial charge in [-0.1, -0.05) is 0 Å². The van der Waals surface area contributed by atoms with Gasteiger partial charge in [-0.3, -0.25) is 0 Å². The van der Waals surface area contributed by atoms with E-state index in [4.69, 9.17) is 5.26 Å². The molecule has 2 nitrogen and oxygen atoms in total. The Labute approximate surface area is 55.2 Å². The van der Waals surface area contributed by atoms with E-state index in [1.54, 1.807) is 6.08 Å². The predicted octanol–water partition coefficient (Wildman–Crippen LogP) is 1.17. The lowest BCUT2D eigenvalue weighted by molar-refractivity contribution is 0.588. The summed E-state index contributed by atoms with van der Waals surface area (Å²) in [5, 5.41) is 11.4. The van der Waals surface area contributed by atoms with Gasteiger partial charge in [-0.15, -0.1) is 0 Å². The number of hydrogen-bond acceptors (Lipinski definition) is 2. The maximum atomic E-state index is 8.25. The Morgan fingerprint density at radius 1 is 1.56 bits per heavy atom. The second-order valence-electron chi connectivity index (χ2n) is 2.18. The van der Waals surface area contributed by atoms with Crippen LogP contribution in [0.5, 0.6) is 0 Å². The van der Waals surface area contributed by atoms with Crippen molar-refractivity contribution in [1.82, 2.24) is 5.32 Å². The monoisotopic (exact) mass is 122 g/mol. The molecule has 0 aromatic carbocycles. The normalized spacial score (nSPS) is 22.8. The van der Waals surface area contributed by atoms with Crippen molar-refractivity contribution in [1.29, 1.82) is 5.26 Å². The van der Waals surface area contributed by atoms with Crippen molar-refractivity contribution in [2.75, 3.05) is 6.54 Å². The Bertz CT molecular complexity index is 145. The van der Waals surface area contributed by atoms with E-state index in [0.29, 0.717) is 0 Å². The quantitative estimate of drug-likeness (QED) is 0.489. The first-order valence-electron chi connectivity index (χ1n) is 3.26. The zero-order chi connectivity index (χ0) is 6.53. The molecule has 1 saturated heterocycles. The van der Waals surface area contributed by atoms with Gasteiger partial charge in [0.25, 0.3) is 0 Å². The van der Waals surface area contributed by atoms with E-state index in [1.165, 1.54) is 12.8 Å². The minimum Gasteiger partial charge on any atom is -0.388 e. The Morgan fingerprint density at radius 2 is 2.44 bits per heavy atom. The standard InChI is InChI=1S/C7H10N2/c8-5-4-7-3-1-2-6-9-7/h4,9H,1-3,6H2/b7-4-. The van der Waals surface area contributed by atoms with Crippen LogP contribution in [0.2, 0.25) is 0 Å². The Morgan fingerprint density at radius 3 is 3.00 bits per heavy atom. The molecule has 1 heterocycles. The second kappa shape index (κ2) is 3.13. The predicted molar refractivity (Wildman–Crippen MR) is 35.5 cm³/mol. The maximum Gasteiger partial charge on any atom is 0.0930 e. The summed E-state index contributed by atoms with van der Waals surface area (Å²) >= 11 is 0. The van der Waals surface area contributed by atoms with Gasteiger partial charge in [0.05, 0.1) is 6.07 Å². The van der Waals surface area contributed by atoms with Gasteiger partial charge in [-0.2, -0.15) is 5.26 Å². The van der Waals surface area contributed by atoms with Gasteiger partial charge in [-0.05, 0) is 19.3 Å². The summed E-state index contributed by atoms with van der Waals surface area (Å²) in [4.78, 5) is 0. The second-order valence-corrected chi connectivity index (χ2v) is 2.18. The van der Waals surface area contributed by atoms with Gasteiger partial charge in [0.2, 0.25) is 0 Å². The van der Waals surface area contributed by atoms with Crippen LogP contribution in [0.4, 0.5) is 0 Å². The minimum atomic E-state index is 1.04. The minimum absolute atomic E-state index is 1.04. The van der Waals surface area contributed by atoms with E-state index in [2.05, 4.69) is 5.32 Å². The highest BCUT2D eigenvalue weighted by Gasteiger charge is 2.01. The lowest BCUT2D eigenvalue weighted by Crippen LogP contribution is -2.19. The van der Waals surface area contributed by atoms with Gasteiger partial charge in [-0.25, -0.2) is 0 Å². The summed E-state index contributed by atoms with van der Waals surface area (Å²) < 4.78 is 0. The van der Waals surface area contributed by atoms with Gasteiger partial charge in [0.15, 0.2) is 0 Å². The fourth-order valence-electron chi connectivity index (χ4n) is 0.979. The van der Waals surface area contributed by atoms with Crippen LogP contribution in [0, 0.1) is 11.3 Å². The van der Waals surface area contributed by atoms with Crippen LogP contribution in [-0.2, 0) is 0 Å². The highest BCUT2D eigenvalue weighted by Crippen LogP contribution is 2.08. The molecule has 48 valence electrons. The lowest BCUT2D eigenvalue weighted by Gasteiger charge is -2.14. The molecular formula is C7H10N2. The zero-order valence-electron chi connectivity index (χ0n) is 5.35. The zero-order valence-corrected chi connectivity index (χ0v) is 5.35. The van der Waals surface area contributed by atoms with Crippen LogP contribution in [-0.4, -0.2) is 6.54 Å². The Kier molecular flexibility index (Phi) is 2.14. The number of nitrogens with zero attached hydrogens (tertiary/aromatic N) is 1. The summed E-state index contributed by atoms with van der Waals surface area (Å²) in [5.41, 5.74) is 1.10. The molecule has 0 unspecified atom stereocenters. The molecule has 1 N–H and O–H groups in total. The van der Waals surface area contributed by atoms with Crippen molar-refractivity contribution in [2.24, 2.45) is 0 Å². The average Bonchev–Trinajstić information content (AvgIpc) is 1.91. The molecule has 9 heavy (non-hydrogen) atoms. The molecule has 0 aromatic rings. The summed E-state index contributed by atoms with van der Waals surface area (Å²) in [6.45, 7) is 1.04. The highest BCUT2D eigenvalue weighted by atomic mass is 14.9. The Hall–Kier alpha value is -0.970. The number of hydrogen-bond donors (Lipinski definition) is 1. The van der Waals surface area contributed by atoms with Crippen molar-refractivity contribution in [2.45, 2.75) is 19.3 Å². The van der Waals surface area contributed by atoms with Crippen molar-refractivity contribution >= 4 is 0 Å². The van der Waals surface area contributed by atoms with Gasteiger partial charge >= 0.3 is 0 Å². The van der Waals surface area contributed by atoms with Crippen molar-refractivity contribution in [3.8, 4) is 6.07 Å². The SMILES string of the molecule is N#C/C=C1/CCCCN1. The molecule has 0 radical (unpaired) electrons. The molecule has 1 fully saturated rings. The van der Waals surface area contributed by atoms with E-state index in [1.807, 2.05) is 6.07 Å². The van der Waals surface area contributed by atoms with Crippen LogP contribution < -0.4 is 5.32 Å². The number of allylic oxidation sites excluding steroid dienone is 2. The van der Waals surface area contributed by atoms with Crippen LogP contribution in [0.3, 0.4) is 0 Å². The van der Waals surface area contributed by atoms with Crippen LogP contribution in [0.15, 0.2) is 11.8 Å². The molecule has 1 aliphatic rings. The van der Waals surface area contributed by atoms with E-state index in [9.17, 15) is 0 Å². The van der Waals surface area contributed by atoms with Crippen molar-refractivity contribution < 1.29 is 0 Å².